The van der Waals surface area contributed by atoms with E-state index in [9.17, 15) is 4.79 Å². The van der Waals surface area contributed by atoms with E-state index in [1.54, 1.807) is 12.5 Å². The fraction of sp³-hybridized carbons (Fsp3) is 0.238. The molecule has 134 valence electrons. The predicted octanol–water partition coefficient (Wildman–Crippen LogP) is 3.36. The fourth-order valence-corrected chi connectivity index (χ4v) is 2.66. The van der Waals surface area contributed by atoms with Crippen LogP contribution in [0.4, 0.5) is 0 Å². The summed E-state index contributed by atoms with van der Waals surface area (Å²) in [4.78, 5) is 16.2. The highest BCUT2D eigenvalue weighted by molar-refractivity contribution is 5.94. The van der Waals surface area contributed by atoms with Gasteiger partial charge in [0.25, 0.3) is 5.91 Å². The molecule has 0 saturated heterocycles. The van der Waals surface area contributed by atoms with Gasteiger partial charge >= 0.3 is 0 Å². The molecule has 0 atom stereocenters. The number of carbonyl (C=O) groups excluding carboxylic acids is 1. The minimum absolute atomic E-state index is 0.0938. The molecule has 1 amide bonds. The van der Waals surface area contributed by atoms with Crippen LogP contribution in [0, 0.1) is 13.8 Å². The van der Waals surface area contributed by atoms with Gasteiger partial charge in [0, 0.05) is 24.5 Å². The van der Waals surface area contributed by atoms with E-state index in [2.05, 4.69) is 23.3 Å². The quantitative estimate of drug-likeness (QED) is 0.666. The van der Waals surface area contributed by atoms with Crippen molar-refractivity contribution < 1.29 is 9.53 Å². The van der Waals surface area contributed by atoms with Crippen LogP contribution in [-0.2, 0) is 6.54 Å². The number of hydrogen-bond donors (Lipinski definition) is 1. The number of benzene rings is 2. The van der Waals surface area contributed by atoms with Crippen LogP contribution in [-0.4, -0.2) is 28.6 Å². The number of hydrogen-bond acceptors (Lipinski definition) is 3. The first-order valence-electron chi connectivity index (χ1n) is 8.65. The molecule has 3 aromatic rings. The lowest BCUT2D eigenvalue weighted by atomic mass is 10.1. The summed E-state index contributed by atoms with van der Waals surface area (Å²) in [5, 5.41) is 2.89. The van der Waals surface area contributed by atoms with E-state index < -0.39 is 0 Å². The van der Waals surface area contributed by atoms with Gasteiger partial charge in [-0.3, -0.25) is 4.79 Å². The third-order valence-corrected chi connectivity index (χ3v) is 4.34. The van der Waals surface area contributed by atoms with Crippen LogP contribution in [0.15, 0.2) is 61.2 Å². The van der Waals surface area contributed by atoms with Crippen LogP contribution in [0.3, 0.4) is 0 Å². The van der Waals surface area contributed by atoms with Gasteiger partial charge in [0.1, 0.15) is 12.4 Å². The van der Waals surface area contributed by atoms with Gasteiger partial charge in [0.2, 0.25) is 0 Å². The number of nitrogens with zero attached hydrogens (tertiary/aromatic N) is 2. The van der Waals surface area contributed by atoms with Crippen LogP contribution in [0.2, 0.25) is 0 Å². The van der Waals surface area contributed by atoms with Crippen molar-refractivity contribution in [1.82, 2.24) is 14.9 Å². The molecule has 0 aliphatic carbocycles. The topological polar surface area (TPSA) is 56.1 Å². The molecule has 1 N–H and O–H groups in total. The Bertz CT molecular complexity index is 855. The fourth-order valence-electron chi connectivity index (χ4n) is 2.66. The van der Waals surface area contributed by atoms with E-state index in [0.29, 0.717) is 18.7 Å². The number of nitrogens with one attached hydrogen (secondary N) is 1. The zero-order valence-electron chi connectivity index (χ0n) is 15.1. The molecule has 0 fully saturated rings. The lowest BCUT2D eigenvalue weighted by Gasteiger charge is -2.11. The van der Waals surface area contributed by atoms with Crippen molar-refractivity contribution >= 4 is 5.91 Å². The van der Waals surface area contributed by atoms with Crippen LogP contribution in [0.25, 0.3) is 0 Å². The highest BCUT2D eigenvalue weighted by Gasteiger charge is 2.06. The Morgan fingerprint density at radius 2 is 1.96 bits per heavy atom. The molecule has 0 spiro atoms. The lowest BCUT2D eigenvalue weighted by Crippen LogP contribution is -2.28. The van der Waals surface area contributed by atoms with Crippen molar-refractivity contribution in [2.75, 3.05) is 13.2 Å². The first kappa shape index (κ1) is 17.7. The van der Waals surface area contributed by atoms with Crippen molar-refractivity contribution in [2.24, 2.45) is 0 Å². The van der Waals surface area contributed by atoms with E-state index in [0.717, 1.165) is 23.4 Å². The molecule has 0 saturated carbocycles. The number of rotatable bonds is 7. The molecule has 1 aromatic heterocycles. The summed E-state index contributed by atoms with van der Waals surface area (Å²) in [7, 11) is 0. The van der Waals surface area contributed by atoms with E-state index in [1.807, 2.05) is 54.1 Å². The van der Waals surface area contributed by atoms with E-state index in [-0.39, 0.29) is 5.91 Å². The van der Waals surface area contributed by atoms with Gasteiger partial charge in [0.15, 0.2) is 0 Å². The first-order valence-corrected chi connectivity index (χ1v) is 8.65. The predicted molar refractivity (Wildman–Crippen MR) is 102 cm³/mol. The molecule has 2 aromatic carbocycles. The minimum Gasteiger partial charge on any atom is -0.491 e. The maximum Gasteiger partial charge on any atom is 0.251 e. The van der Waals surface area contributed by atoms with Gasteiger partial charge in [0.05, 0.1) is 12.9 Å². The molecule has 0 aliphatic rings. The normalized spacial score (nSPS) is 10.5. The Kier molecular flexibility index (Phi) is 5.69. The summed E-state index contributed by atoms with van der Waals surface area (Å²) in [5.74, 6) is 0.770. The Balaban J connectivity index is 1.46. The Hall–Kier alpha value is -3.08. The Labute approximate surface area is 153 Å². The molecule has 0 aliphatic heterocycles. The summed E-state index contributed by atoms with van der Waals surface area (Å²) in [6, 6.07) is 13.6. The largest absolute Gasteiger partial charge is 0.491 e. The van der Waals surface area contributed by atoms with Crippen molar-refractivity contribution in [3.63, 3.8) is 0 Å². The molecule has 0 radical (unpaired) electrons. The highest BCUT2D eigenvalue weighted by atomic mass is 16.5. The van der Waals surface area contributed by atoms with E-state index in [4.69, 9.17) is 4.74 Å². The minimum atomic E-state index is -0.0938. The van der Waals surface area contributed by atoms with Crippen molar-refractivity contribution in [1.29, 1.82) is 0 Å². The molecule has 5 nitrogen and oxygen atoms in total. The highest BCUT2D eigenvalue weighted by Crippen LogP contribution is 2.20. The second kappa shape index (κ2) is 8.34. The van der Waals surface area contributed by atoms with Crippen molar-refractivity contribution in [3.8, 4) is 5.75 Å². The van der Waals surface area contributed by atoms with Gasteiger partial charge < -0.3 is 14.6 Å². The summed E-state index contributed by atoms with van der Waals surface area (Å²) in [5.41, 5.74) is 4.10. The van der Waals surface area contributed by atoms with Gasteiger partial charge in [-0.05, 0) is 48.7 Å². The molecule has 26 heavy (non-hydrogen) atoms. The monoisotopic (exact) mass is 349 g/mol. The number of ether oxygens (including phenoxy) is 1. The summed E-state index contributed by atoms with van der Waals surface area (Å²) in [6.07, 6.45) is 5.44. The summed E-state index contributed by atoms with van der Waals surface area (Å²) in [6.45, 7) is 5.73. The van der Waals surface area contributed by atoms with Gasteiger partial charge in [-0.15, -0.1) is 0 Å². The van der Waals surface area contributed by atoms with Crippen LogP contribution >= 0.6 is 0 Å². The first-order chi connectivity index (χ1) is 12.6. The number of aromatic nitrogens is 2. The molecule has 5 heteroatoms. The van der Waals surface area contributed by atoms with Crippen LogP contribution in [0.1, 0.15) is 27.0 Å². The standard InChI is InChI=1S/C21H23N3O2/c1-16-4-3-5-20(17(16)2)26-13-11-23-21(25)19-8-6-18(7-9-19)14-24-12-10-22-15-24/h3-10,12,15H,11,13-14H2,1-2H3,(H,23,25). The van der Waals surface area contributed by atoms with Crippen LogP contribution in [0.5, 0.6) is 5.75 Å². The third kappa shape index (κ3) is 4.51. The summed E-state index contributed by atoms with van der Waals surface area (Å²) < 4.78 is 7.74. The van der Waals surface area contributed by atoms with Gasteiger partial charge in [-0.2, -0.15) is 0 Å². The molecular formula is C21H23N3O2. The smallest absolute Gasteiger partial charge is 0.251 e. The molecule has 3 rings (SSSR count). The molecule has 0 unspecified atom stereocenters. The lowest BCUT2D eigenvalue weighted by molar-refractivity contribution is 0.0947. The second-order valence-corrected chi connectivity index (χ2v) is 6.23. The van der Waals surface area contributed by atoms with E-state index in [1.165, 1.54) is 5.56 Å². The van der Waals surface area contributed by atoms with E-state index >= 15 is 0 Å². The number of carbonyl (C=O) groups is 1. The second-order valence-electron chi connectivity index (χ2n) is 6.23. The molecular weight excluding hydrogens is 326 g/mol. The number of amides is 1. The van der Waals surface area contributed by atoms with Crippen LogP contribution < -0.4 is 10.1 Å². The molecule has 0 bridgehead atoms. The summed E-state index contributed by atoms with van der Waals surface area (Å²) >= 11 is 0. The van der Waals surface area contributed by atoms with Crippen molar-refractivity contribution in [2.45, 2.75) is 20.4 Å². The Morgan fingerprint density at radius 1 is 1.15 bits per heavy atom. The average Bonchev–Trinajstić information content (AvgIpc) is 3.15. The zero-order valence-corrected chi connectivity index (χ0v) is 15.1. The zero-order chi connectivity index (χ0) is 18.4. The maximum atomic E-state index is 12.2. The van der Waals surface area contributed by atoms with Gasteiger partial charge in [-0.1, -0.05) is 24.3 Å². The number of aryl methyl sites for hydroxylation is 1. The van der Waals surface area contributed by atoms with Crippen molar-refractivity contribution in [3.05, 3.63) is 83.4 Å². The third-order valence-electron chi connectivity index (χ3n) is 4.34. The number of imidazole rings is 1. The molecule has 1 heterocycles. The maximum absolute atomic E-state index is 12.2. The average molecular weight is 349 g/mol. The SMILES string of the molecule is Cc1cccc(OCCNC(=O)c2ccc(Cn3ccnc3)cc2)c1C. The van der Waals surface area contributed by atoms with Gasteiger partial charge in [-0.25, -0.2) is 4.98 Å². The Morgan fingerprint density at radius 3 is 2.69 bits per heavy atom.